The van der Waals surface area contributed by atoms with Crippen molar-refractivity contribution < 1.29 is 22.8 Å². The molecule has 1 unspecified atom stereocenters. The number of rotatable bonds is 7. The molecule has 0 bridgehead atoms. The summed E-state index contributed by atoms with van der Waals surface area (Å²) in [6, 6.07) is 9.83. The summed E-state index contributed by atoms with van der Waals surface area (Å²) in [7, 11) is 0. The standard InChI is InChI=1S/C27H30ClF3N4O2/c1-25(24(37)33-16-8-15-32-22-21(28)17-20(18-34-22)27(29,30)31)13-14-26(11-6-3-7-12-26)35(25)23(36)19-9-4-2-5-10-19/h2,4-5,9-10,13-14,17-18H,3,6-8,11-12,15-16H2,1H3,(H,32,34)(H,33,37). The summed E-state index contributed by atoms with van der Waals surface area (Å²) >= 11 is 5.93. The fourth-order valence-corrected chi connectivity index (χ4v) is 5.42. The van der Waals surface area contributed by atoms with Crippen molar-refractivity contribution in [1.82, 2.24) is 15.2 Å². The minimum Gasteiger partial charge on any atom is -0.369 e. The number of hydrogen-bond acceptors (Lipinski definition) is 4. The van der Waals surface area contributed by atoms with E-state index in [1.165, 1.54) is 0 Å². The summed E-state index contributed by atoms with van der Waals surface area (Å²) < 4.78 is 38.4. The number of pyridine rings is 1. The summed E-state index contributed by atoms with van der Waals surface area (Å²) in [5, 5.41) is 5.70. The average molecular weight is 535 g/mol. The summed E-state index contributed by atoms with van der Waals surface area (Å²) in [6.07, 6.45) is 5.29. The van der Waals surface area contributed by atoms with Crippen LogP contribution in [0.4, 0.5) is 19.0 Å². The molecule has 1 saturated carbocycles. The van der Waals surface area contributed by atoms with Gasteiger partial charge in [0.2, 0.25) is 5.91 Å². The molecule has 6 nitrogen and oxygen atoms in total. The van der Waals surface area contributed by atoms with Crippen LogP contribution < -0.4 is 10.6 Å². The molecule has 2 heterocycles. The lowest BCUT2D eigenvalue weighted by atomic mass is 9.80. The van der Waals surface area contributed by atoms with Crippen LogP contribution in [0, 0.1) is 0 Å². The molecule has 2 aliphatic rings. The van der Waals surface area contributed by atoms with E-state index < -0.39 is 22.8 Å². The molecule has 1 atom stereocenters. The molecule has 2 aromatic rings. The van der Waals surface area contributed by atoms with Crippen molar-refractivity contribution in [2.75, 3.05) is 18.4 Å². The van der Waals surface area contributed by atoms with Gasteiger partial charge in [-0.3, -0.25) is 9.59 Å². The van der Waals surface area contributed by atoms with Crippen molar-refractivity contribution in [2.45, 2.75) is 62.7 Å². The van der Waals surface area contributed by atoms with Gasteiger partial charge in [0.15, 0.2) is 0 Å². The van der Waals surface area contributed by atoms with Gasteiger partial charge in [0.05, 0.1) is 16.1 Å². The Kier molecular flexibility index (Phi) is 7.83. The maximum Gasteiger partial charge on any atom is 0.417 e. The van der Waals surface area contributed by atoms with Crippen molar-refractivity contribution >= 4 is 29.2 Å². The quantitative estimate of drug-likeness (QED) is 0.345. The Morgan fingerprint density at radius 2 is 1.78 bits per heavy atom. The van der Waals surface area contributed by atoms with Gasteiger partial charge < -0.3 is 15.5 Å². The van der Waals surface area contributed by atoms with E-state index in [-0.39, 0.29) is 22.7 Å². The van der Waals surface area contributed by atoms with Gasteiger partial charge in [-0.1, -0.05) is 61.2 Å². The Bertz CT molecular complexity index is 1170. The lowest BCUT2D eigenvalue weighted by Crippen LogP contribution is -2.62. The lowest BCUT2D eigenvalue weighted by Gasteiger charge is -2.47. The topological polar surface area (TPSA) is 74.3 Å². The van der Waals surface area contributed by atoms with E-state index in [9.17, 15) is 22.8 Å². The molecule has 198 valence electrons. The summed E-state index contributed by atoms with van der Waals surface area (Å²) in [5.74, 6) is -0.304. The number of alkyl halides is 3. The number of carbonyl (C=O) groups excluding carboxylic acids is 2. The van der Waals surface area contributed by atoms with Crippen LogP contribution in [0.3, 0.4) is 0 Å². The van der Waals surface area contributed by atoms with Crippen molar-refractivity contribution in [2.24, 2.45) is 0 Å². The molecule has 1 fully saturated rings. The molecule has 10 heteroatoms. The van der Waals surface area contributed by atoms with Crippen molar-refractivity contribution in [3.05, 3.63) is 70.9 Å². The zero-order valence-electron chi connectivity index (χ0n) is 20.6. The van der Waals surface area contributed by atoms with Crippen LogP contribution in [-0.4, -0.2) is 45.9 Å². The van der Waals surface area contributed by atoms with Gasteiger partial charge in [-0.15, -0.1) is 0 Å². The predicted octanol–water partition coefficient (Wildman–Crippen LogP) is 5.85. The third-order valence-corrected chi connectivity index (χ3v) is 7.42. The first kappa shape index (κ1) is 27.0. The van der Waals surface area contributed by atoms with E-state index in [0.717, 1.165) is 44.4 Å². The molecule has 2 amide bonds. The number of aromatic nitrogens is 1. The van der Waals surface area contributed by atoms with Gasteiger partial charge >= 0.3 is 6.18 Å². The third kappa shape index (κ3) is 5.61. The van der Waals surface area contributed by atoms with Crippen LogP contribution in [0.15, 0.2) is 54.7 Å². The highest BCUT2D eigenvalue weighted by atomic mass is 35.5. The molecule has 1 aliphatic heterocycles. The molecule has 1 aliphatic carbocycles. The Hall–Kier alpha value is -3.07. The van der Waals surface area contributed by atoms with E-state index in [1.807, 2.05) is 30.4 Å². The summed E-state index contributed by atoms with van der Waals surface area (Å²) in [6.45, 7) is 2.41. The zero-order chi connectivity index (χ0) is 26.7. The van der Waals surface area contributed by atoms with Gasteiger partial charge in [0, 0.05) is 24.8 Å². The Balaban J connectivity index is 1.39. The number of amides is 2. The summed E-state index contributed by atoms with van der Waals surface area (Å²) in [5.41, 5.74) is -2.00. The predicted molar refractivity (Wildman–Crippen MR) is 136 cm³/mol. The maximum absolute atomic E-state index is 13.7. The van der Waals surface area contributed by atoms with Crippen molar-refractivity contribution in [3.8, 4) is 0 Å². The van der Waals surface area contributed by atoms with E-state index >= 15 is 0 Å². The maximum atomic E-state index is 13.7. The van der Waals surface area contributed by atoms with Crippen molar-refractivity contribution in [3.63, 3.8) is 0 Å². The van der Waals surface area contributed by atoms with Crippen LogP contribution in [0.2, 0.25) is 5.02 Å². The number of hydrogen-bond donors (Lipinski definition) is 2. The summed E-state index contributed by atoms with van der Waals surface area (Å²) in [4.78, 5) is 32.7. The molecule has 0 radical (unpaired) electrons. The van der Waals surface area contributed by atoms with Gasteiger partial charge in [-0.05, 0) is 44.4 Å². The number of nitrogens with zero attached hydrogens (tertiary/aromatic N) is 2. The van der Waals surface area contributed by atoms with Gasteiger partial charge in [-0.2, -0.15) is 13.2 Å². The first-order chi connectivity index (χ1) is 17.6. The first-order valence-electron chi connectivity index (χ1n) is 12.4. The zero-order valence-corrected chi connectivity index (χ0v) is 21.3. The molecule has 1 aromatic heterocycles. The van der Waals surface area contributed by atoms with E-state index in [0.29, 0.717) is 25.1 Å². The van der Waals surface area contributed by atoms with Crippen LogP contribution in [-0.2, 0) is 11.0 Å². The number of carbonyl (C=O) groups is 2. The number of benzene rings is 1. The first-order valence-corrected chi connectivity index (χ1v) is 12.8. The second-order valence-corrected chi connectivity index (χ2v) is 10.1. The molecule has 1 spiro atoms. The normalized spacial score (nSPS) is 20.7. The van der Waals surface area contributed by atoms with E-state index in [2.05, 4.69) is 15.6 Å². The number of halogens is 4. The Morgan fingerprint density at radius 1 is 1.08 bits per heavy atom. The molecular formula is C27H30ClF3N4O2. The Labute approximate surface area is 219 Å². The van der Waals surface area contributed by atoms with Crippen molar-refractivity contribution in [1.29, 1.82) is 0 Å². The van der Waals surface area contributed by atoms with E-state index in [4.69, 9.17) is 11.6 Å². The van der Waals surface area contributed by atoms with Gasteiger partial charge in [-0.25, -0.2) is 4.98 Å². The minimum absolute atomic E-state index is 0.129. The molecule has 37 heavy (non-hydrogen) atoms. The van der Waals surface area contributed by atoms with E-state index in [1.54, 1.807) is 24.0 Å². The van der Waals surface area contributed by atoms with Crippen LogP contribution in [0.25, 0.3) is 0 Å². The minimum atomic E-state index is -4.52. The molecule has 2 N–H and O–H groups in total. The van der Waals surface area contributed by atoms with Gasteiger partial charge in [0.1, 0.15) is 11.4 Å². The number of nitrogens with one attached hydrogen (secondary N) is 2. The highest BCUT2D eigenvalue weighted by molar-refractivity contribution is 6.32. The van der Waals surface area contributed by atoms with Crippen LogP contribution in [0.1, 0.15) is 61.4 Å². The second-order valence-electron chi connectivity index (χ2n) is 9.74. The highest BCUT2D eigenvalue weighted by Crippen LogP contribution is 2.45. The second kappa shape index (κ2) is 10.7. The highest BCUT2D eigenvalue weighted by Gasteiger charge is 2.54. The molecule has 4 rings (SSSR count). The van der Waals surface area contributed by atoms with Crippen LogP contribution in [0.5, 0.6) is 0 Å². The van der Waals surface area contributed by atoms with Crippen LogP contribution >= 0.6 is 11.6 Å². The fraction of sp³-hybridized carbons (Fsp3) is 0.444. The Morgan fingerprint density at radius 3 is 2.43 bits per heavy atom. The number of anilines is 1. The smallest absolute Gasteiger partial charge is 0.369 e. The third-order valence-electron chi connectivity index (χ3n) is 7.13. The SMILES string of the molecule is CC1(C(=O)NCCCNc2ncc(C(F)(F)F)cc2Cl)C=CC2(CCCCC2)N1C(=O)c1ccccc1. The lowest BCUT2D eigenvalue weighted by molar-refractivity contribution is -0.137. The monoisotopic (exact) mass is 534 g/mol. The molecular weight excluding hydrogens is 505 g/mol. The molecule has 0 saturated heterocycles. The average Bonchev–Trinajstić information content (AvgIpc) is 3.16. The van der Waals surface area contributed by atoms with Gasteiger partial charge in [0.25, 0.3) is 5.91 Å². The largest absolute Gasteiger partial charge is 0.417 e. The fourth-order valence-electron chi connectivity index (χ4n) is 5.18. The molecule has 1 aromatic carbocycles.